The minimum atomic E-state index is -0.0575. The van der Waals surface area contributed by atoms with Crippen LogP contribution in [0, 0.1) is 0 Å². The molecule has 31 heavy (non-hydrogen) atoms. The summed E-state index contributed by atoms with van der Waals surface area (Å²) in [6.45, 7) is 4.96. The number of ether oxygens (including phenoxy) is 1. The average Bonchev–Trinajstić information content (AvgIpc) is 3.18. The Bertz CT molecular complexity index is 1300. The lowest BCUT2D eigenvalue weighted by Gasteiger charge is -2.32. The molecule has 1 unspecified atom stereocenters. The zero-order chi connectivity index (χ0) is 21.4. The Labute approximate surface area is 185 Å². The van der Waals surface area contributed by atoms with Crippen molar-refractivity contribution in [1.82, 2.24) is 14.5 Å². The van der Waals surface area contributed by atoms with Gasteiger partial charge in [0.1, 0.15) is 5.65 Å². The smallest absolute Gasteiger partial charge is 0.251 e. The Morgan fingerprint density at radius 3 is 2.97 bits per heavy atom. The van der Waals surface area contributed by atoms with Crippen LogP contribution in [0.15, 0.2) is 65.8 Å². The van der Waals surface area contributed by atoms with E-state index in [1.807, 2.05) is 48.9 Å². The second-order valence-corrected chi connectivity index (χ2v) is 8.37. The van der Waals surface area contributed by atoms with E-state index >= 15 is 0 Å². The van der Waals surface area contributed by atoms with Crippen LogP contribution in [-0.2, 0) is 11.3 Å². The Morgan fingerprint density at radius 1 is 1.26 bits per heavy atom. The van der Waals surface area contributed by atoms with Crippen molar-refractivity contribution in [3.05, 3.63) is 82.0 Å². The number of aromatic amines is 1. The monoisotopic (exact) mass is 434 g/mol. The summed E-state index contributed by atoms with van der Waals surface area (Å²) in [6, 6.07) is 13.3. The molecule has 0 saturated carbocycles. The summed E-state index contributed by atoms with van der Waals surface area (Å²) < 4.78 is 7.34. The summed E-state index contributed by atoms with van der Waals surface area (Å²) in [7, 11) is 0. The maximum atomic E-state index is 12.8. The first kappa shape index (κ1) is 19.8. The van der Waals surface area contributed by atoms with Crippen LogP contribution in [0.2, 0.25) is 5.02 Å². The second-order valence-electron chi connectivity index (χ2n) is 7.93. The molecule has 1 aliphatic heterocycles. The SMILES string of the molecule is CC1CN(c2cnc3[nH]cc(-c4ccn(Cc5cccc(Cl)c5)c(=O)c4)c3c2)CCO1. The normalized spacial score (nSPS) is 16.7. The molecule has 1 aromatic carbocycles. The minimum absolute atomic E-state index is 0.0575. The summed E-state index contributed by atoms with van der Waals surface area (Å²) in [4.78, 5) is 22.9. The third-order valence-electron chi connectivity index (χ3n) is 5.67. The van der Waals surface area contributed by atoms with E-state index < -0.39 is 0 Å². The maximum absolute atomic E-state index is 12.8. The van der Waals surface area contributed by atoms with Gasteiger partial charge in [-0.05, 0) is 42.3 Å². The van der Waals surface area contributed by atoms with E-state index in [2.05, 4.69) is 27.9 Å². The number of hydrogen-bond acceptors (Lipinski definition) is 4. The third-order valence-corrected chi connectivity index (χ3v) is 5.91. The molecule has 1 N–H and O–H groups in total. The molecular formula is C24H23ClN4O2. The van der Waals surface area contributed by atoms with Gasteiger partial charge in [-0.1, -0.05) is 23.7 Å². The number of pyridine rings is 2. The maximum Gasteiger partial charge on any atom is 0.251 e. The largest absolute Gasteiger partial charge is 0.375 e. The Morgan fingerprint density at radius 2 is 2.16 bits per heavy atom. The number of aromatic nitrogens is 3. The summed E-state index contributed by atoms with van der Waals surface area (Å²) in [5, 5.41) is 1.67. The predicted octanol–water partition coefficient (Wildman–Crippen LogP) is 4.32. The van der Waals surface area contributed by atoms with Gasteiger partial charge in [-0.15, -0.1) is 0 Å². The molecular weight excluding hydrogens is 412 g/mol. The van der Waals surface area contributed by atoms with Crippen LogP contribution in [0.1, 0.15) is 12.5 Å². The van der Waals surface area contributed by atoms with Gasteiger partial charge in [-0.25, -0.2) is 4.98 Å². The van der Waals surface area contributed by atoms with E-state index in [9.17, 15) is 4.79 Å². The molecule has 0 amide bonds. The fourth-order valence-electron chi connectivity index (χ4n) is 4.10. The number of morpholine rings is 1. The lowest BCUT2D eigenvalue weighted by Crippen LogP contribution is -2.41. The third kappa shape index (κ3) is 4.09. The van der Waals surface area contributed by atoms with E-state index in [0.29, 0.717) is 18.2 Å². The summed E-state index contributed by atoms with van der Waals surface area (Å²) >= 11 is 6.07. The van der Waals surface area contributed by atoms with Crippen molar-refractivity contribution in [3.8, 4) is 11.1 Å². The van der Waals surface area contributed by atoms with Crippen LogP contribution < -0.4 is 10.5 Å². The zero-order valence-electron chi connectivity index (χ0n) is 17.2. The van der Waals surface area contributed by atoms with Crippen LogP contribution in [-0.4, -0.2) is 40.3 Å². The first-order valence-electron chi connectivity index (χ1n) is 10.4. The van der Waals surface area contributed by atoms with Crippen molar-refractivity contribution in [2.75, 3.05) is 24.6 Å². The van der Waals surface area contributed by atoms with Gasteiger partial charge in [0.05, 0.1) is 31.1 Å². The molecule has 1 atom stereocenters. The number of halogens is 1. The van der Waals surface area contributed by atoms with Gasteiger partial charge in [0, 0.05) is 47.5 Å². The van der Waals surface area contributed by atoms with Gasteiger partial charge in [-0.3, -0.25) is 4.79 Å². The fourth-order valence-corrected chi connectivity index (χ4v) is 4.31. The predicted molar refractivity (Wildman–Crippen MR) is 124 cm³/mol. The highest BCUT2D eigenvalue weighted by Gasteiger charge is 2.18. The summed E-state index contributed by atoms with van der Waals surface area (Å²) in [5.74, 6) is 0. The average molecular weight is 435 g/mol. The second kappa shape index (κ2) is 8.21. The number of nitrogens with one attached hydrogen (secondary N) is 1. The van der Waals surface area contributed by atoms with Crippen molar-refractivity contribution >= 4 is 28.3 Å². The molecule has 4 heterocycles. The molecule has 158 valence electrons. The van der Waals surface area contributed by atoms with Gasteiger partial charge in [0.2, 0.25) is 0 Å². The van der Waals surface area contributed by atoms with Crippen molar-refractivity contribution in [3.63, 3.8) is 0 Å². The van der Waals surface area contributed by atoms with Crippen molar-refractivity contribution in [2.24, 2.45) is 0 Å². The number of hydrogen-bond donors (Lipinski definition) is 1. The van der Waals surface area contributed by atoms with Gasteiger partial charge in [0.15, 0.2) is 0 Å². The van der Waals surface area contributed by atoms with Crippen LogP contribution >= 0.6 is 11.6 Å². The number of benzene rings is 1. The van der Waals surface area contributed by atoms with Crippen LogP contribution in [0.3, 0.4) is 0 Å². The van der Waals surface area contributed by atoms with E-state index in [4.69, 9.17) is 16.3 Å². The van der Waals surface area contributed by atoms with Crippen molar-refractivity contribution in [1.29, 1.82) is 0 Å². The summed E-state index contributed by atoms with van der Waals surface area (Å²) in [5.41, 5.74) is 4.65. The van der Waals surface area contributed by atoms with E-state index in [0.717, 1.165) is 46.5 Å². The molecule has 5 rings (SSSR count). The quantitative estimate of drug-likeness (QED) is 0.519. The molecule has 1 saturated heterocycles. The van der Waals surface area contributed by atoms with Crippen molar-refractivity contribution < 1.29 is 4.74 Å². The van der Waals surface area contributed by atoms with Gasteiger partial charge < -0.3 is 19.2 Å². The Balaban J connectivity index is 1.47. The molecule has 1 aliphatic rings. The molecule has 3 aromatic heterocycles. The number of H-pyrrole nitrogens is 1. The number of rotatable bonds is 4. The summed E-state index contributed by atoms with van der Waals surface area (Å²) in [6.07, 6.45) is 5.84. The highest BCUT2D eigenvalue weighted by atomic mass is 35.5. The van der Waals surface area contributed by atoms with Crippen molar-refractivity contribution in [2.45, 2.75) is 19.6 Å². The van der Waals surface area contributed by atoms with Gasteiger partial charge >= 0.3 is 0 Å². The molecule has 1 fully saturated rings. The fraction of sp³-hybridized carbons (Fsp3) is 0.250. The van der Waals surface area contributed by atoms with Gasteiger partial charge in [-0.2, -0.15) is 0 Å². The number of nitrogens with zero attached hydrogens (tertiary/aromatic N) is 3. The lowest BCUT2D eigenvalue weighted by atomic mass is 10.1. The van der Waals surface area contributed by atoms with Crippen LogP contribution in [0.5, 0.6) is 0 Å². The van der Waals surface area contributed by atoms with Crippen LogP contribution in [0.25, 0.3) is 22.2 Å². The molecule has 0 bridgehead atoms. The molecule has 0 radical (unpaired) electrons. The van der Waals surface area contributed by atoms with E-state index in [1.54, 1.807) is 10.6 Å². The molecule has 0 aliphatic carbocycles. The first-order chi connectivity index (χ1) is 15.1. The minimum Gasteiger partial charge on any atom is -0.375 e. The highest BCUT2D eigenvalue weighted by molar-refractivity contribution is 6.30. The number of anilines is 1. The highest BCUT2D eigenvalue weighted by Crippen LogP contribution is 2.30. The Kier molecular flexibility index (Phi) is 5.26. The molecule has 4 aromatic rings. The standard InChI is InChI=1S/C24H23ClN4O2/c1-16-14-28(7-8-31-16)20-11-21-22(13-27-24(21)26-12-20)18-5-6-29(23(30)10-18)15-17-3-2-4-19(25)9-17/h2-6,9-13,16H,7-8,14-15H2,1H3,(H,26,27). The number of fused-ring (bicyclic) bond motifs is 1. The zero-order valence-corrected chi connectivity index (χ0v) is 18.0. The van der Waals surface area contributed by atoms with E-state index in [1.165, 1.54) is 0 Å². The van der Waals surface area contributed by atoms with Gasteiger partial charge in [0.25, 0.3) is 5.56 Å². The molecule has 0 spiro atoms. The molecule has 6 nitrogen and oxygen atoms in total. The topological polar surface area (TPSA) is 63.2 Å². The van der Waals surface area contributed by atoms with Crippen LogP contribution in [0.4, 0.5) is 5.69 Å². The first-order valence-corrected chi connectivity index (χ1v) is 10.7. The lowest BCUT2D eigenvalue weighted by molar-refractivity contribution is 0.0532. The Hall–Kier alpha value is -3.09. The van der Waals surface area contributed by atoms with E-state index in [-0.39, 0.29) is 11.7 Å². The molecule has 7 heteroatoms.